The number of carbonyl (C=O) groups excluding carboxylic acids is 3. The molecule has 9 rings (SSSR count). The molecule has 1 unspecified atom stereocenters. The molecule has 0 aliphatic carbocycles. The summed E-state index contributed by atoms with van der Waals surface area (Å²) < 4.78 is 12.3. The molecule has 6 heterocycles. The minimum absolute atomic E-state index is 0.0138. The molecule has 5 aliphatic heterocycles. The largest absolute Gasteiger partial charge is 0.494 e. The van der Waals surface area contributed by atoms with Gasteiger partial charge in [-0.05, 0) is 97.3 Å². The van der Waals surface area contributed by atoms with Crippen LogP contribution in [0.15, 0.2) is 66.7 Å². The van der Waals surface area contributed by atoms with Crippen LogP contribution in [0.2, 0.25) is 0 Å². The van der Waals surface area contributed by atoms with Crippen LogP contribution in [0.3, 0.4) is 0 Å². The van der Waals surface area contributed by atoms with E-state index in [4.69, 9.17) is 9.47 Å². The van der Waals surface area contributed by atoms with Gasteiger partial charge in [0.05, 0.1) is 23.9 Å². The van der Waals surface area contributed by atoms with Gasteiger partial charge in [0.2, 0.25) is 5.91 Å². The number of H-pyrrole nitrogens is 1. The van der Waals surface area contributed by atoms with E-state index in [0.717, 1.165) is 33.8 Å². The van der Waals surface area contributed by atoms with Crippen LogP contribution in [-0.4, -0.2) is 47.2 Å². The van der Waals surface area contributed by atoms with Crippen molar-refractivity contribution < 1.29 is 23.9 Å². The Morgan fingerprint density at radius 2 is 1.70 bits per heavy atom. The van der Waals surface area contributed by atoms with Crippen molar-refractivity contribution in [3.8, 4) is 17.2 Å². The number of aromatic amines is 1. The van der Waals surface area contributed by atoms with Crippen LogP contribution in [0.1, 0.15) is 80.2 Å². The third kappa shape index (κ3) is 5.97. The Bertz CT molecular complexity index is 1720. The first-order valence-corrected chi connectivity index (χ1v) is 15.2. The number of ketones is 1. The van der Waals surface area contributed by atoms with Gasteiger partial charge in [-0.25, -0.2) is 0 Å². The summed E-state index contributed by atoms with van der Waals surface area (Å²) in [6, 6.07) is 21.4. The van der Waals surface area contributed by atoms with E-state index in [1.807, 2.05) is 79.4 Å². The van der Waals surface area contributed by atoms with Gasteiger partial charge in [0, 0.05) is 32.1 Å². The number of aryl methyl sites for hydroxylation is 2. The zero-order valence-electron chi connectivity index (χ0n) is 25.4. The molecule has 4 aromatic rings. The first-order chi connectivity index (χ1) is 21.3. The van der Waals surface area contributed by atoms with Crippen molar-refractivity contribution >= 4 is 17.6 Å². The summed E-state index contributed by atoms with van der Waals surface area (Å²) in [6.07, 6.45) is 2.41. The Balaban J connectivity index is 1.40. The summed E-state index contributed by atoms with van der Waals surface area (Å²) in [4.78, 5) is 44.0. The van der Waals surface area contributed by atoms with E-state index < -0.39 is 0 Å². The Kier molecular flexibility index (Phi) is 8.24. The summed E-state index contributed by atoms with van der Waals surface area (Å²) in [7, 11) is 0. The summed E-state index contributed by atoms with van der Waals surface area (Å²) in [5.41, 5.74) is 6.51. The molecular formula is C36H37N3O5. The fraction of sp³-hybridized carbons (Fsp3) is 0.306. The molecule has 8 bridgehead atoms. The Morgan fingerprint density at radius 1 is 0.909 bits per heavy atom. The van der Waals surface area contributed by atoms with Crippen LogP contribution < -0.4 is 14.8 Å². The maximum Gasteiger partial charge on any atom is 0.256 e. The SMILES string of the molecule is CC(=O)c1[nH]c(C)c(C(=O)N2CCc3cc4ccc3C2c2cccc(c2)OCCCNC(=O)CCc2ccc(cc2)O4)c1C. The van der Waals surface area contributed by atoms with Crippen LogP contribution in [0.5, 0.6) is 17.2 Å². The Hall–Kier alpha value is -4.85. The van der Waals surface area contributed by atoms with Crippen molar-refractivity contribution in [1.82, 2.24) is 15.2 Å². The number of nitrogens with one attached hydrogen (secondary N) is 2. The molecule has 44 heavy (non-hydrogen) atoms. The number of amides is 2. The first kappa shape index (κ1) is 29.2. The van der Waals surface area contributed by atoms with E-state index >= 15 is 0 Å². The Morgan fingerprint density at radius 3 is 2.48 bits per heavy atom. The molecule has 8 nitrogen and oxygen atoms in total. The molecule has 1 atom stereocenters. The number of ether oxygens (including phenoxy) is 2. The van der Waals surface area contributed by atoms with Crippen molar-refractivity contribution in [2.45, 2.75) is 52.5 Å². The average molecular weight is 592 g/mol. The highest BCUT2D eigenvalue weighted by Crippen LogP contribution is 2.40. The van der Waals surface area contributed by atoms with E-state index in [1.165, 1.54) is 6.92 Å². The fourth-order valence-corrected chi connectivity index (χ4v) is 6.28. The molecule has 0 radical (unpaired) electrons. The molecule has 0 saturated carbocycles. The van der Waals surface area contributed by atoms with Gasteiger partial charge in [0.1, 0.15) is 17.2 Å². The summed E-state index contributed by atoms with van der Waals surface area (Å²) in [5, 5.41) is 2.98. The molecule has 226 valence electrons. The normalized spacial score (nSPS) is 16.8. The van der Waals surface area contributed by atoms with Gasteiger partial charge < -0.3 is 24.7 Å². The zero-order valence-corrected chi connectivity index (χ0v) is 25.4. The monoisotopic (exact) mass is 591 g/mol. The van der Waals surface area contributed by atoms with Gasteiger partial charge in [-0.2, -0.15) is 0 Å². The number of rotatable bonds is 2. The second kappa shape index (κ2) is 12.4. The number of benzene rings is 3. The van der Waals surface area contributed by atoms with E-state index in [0.29, 0.717) is 73.6 Å². The second-order valence-electron chi connectivity index (χ2n) is 11.6. The van der Waals surface area contributed by atoms with Crippen LogP contribution in [-0.2, 0) is 17.6 Å². The number of hydrogen-bond acceptors (Lipinski definition) is 5. The third-order valence-electron chi connectivity index (χ3n) is 8.49. The molecule has 0 saturated heterocycles. The van der Waals surface area contributed by atoms with Crippen molar-refractivity contribution in [2.24, 2.45) is 0 Å². The maximum atomic E-state index is 14.3. The highest BCUT2D eigenvalue weighted by Gasteiger charge is 2.35. The predicted molar refractivity (Wildman–Crippen MR) is 168 cm³/mol. The lowest BCUT2D eigenvalue weighted by Gasteiger charge is -2.38. The minimum Gasteiger partial charge on any atom is -0.494 e. The van der Waals surface area contributed by atoms with Crippen molar-refractivity contribution in [2.75, 3.05) is 19.7 Å². The van der Waals surface area contributed by atoms with Gasteiger partial charge in [-0.15, -0.1) is 0 Å². The third-order valence-corrected chi connectivity index (χ3v) is 8.49. The van der Waals surface area contributed by atoms with Gasteiger partial charge in [-0.1, -0.05) is 30.3 Å². The molecule has 0 spiro atoms. The van der Waals surface area contributed by atoms with Crippen LogP contribution in [0, 0.1) is 13.8 Å². The highest BCUT2D eigenvalue weighted by molar-refractivity contribution is 6.03. The first-order valence-electron chi connectivity index (χ1n) is 15.2. The molecular weight excluding hydrogens is 554 g/mol. The summed E-state index contributed by atoms with van der Waals surface area (Å²) >= 11 is 0. The topological polar surface area (TPSA) is 101 Å². The van der Waals surface area contributed by atoms with Crippen LogP contribution in [0.4, 0.5) is 0 Å². The van der Waals surface area contributed by atoms with Gasteiger partial charge in [0.25, 0.3) is 5.91 Å². The Labute approximate surface area is 257 Å². The maximum absolute atomic E-state index is 14.3. The predicted octanol–water partition coefficient (Wildman–Crippen LogP) is 6.25. The number of aromatic nitrogens is 1. The molecule has 0 fully saturated rings. The molecule has 5 aliphatic rings. The van der Waals surface area contributed by atoms with Gasteiger partial charge >= 0.3 is 0 Å². The van der Waals surface area contributed by atoms with E-state index in [2.05, 4.69) is 16.4 Å². The van der Waals surface area contributed by atoms with Crippen LogP contribution >= 0.6 is 0 Å². The lowest BCUT2D eigenvalue weighted by atomic mass is 9.87. The lowest BCUT2D eigenvalue weighted by molar-refractivity contribution is -0.121. The van der Waals surface area contributed by atoms with Gasteiger partial charge in [0.15, 0.2) is 5.78 Å². The van der Waals surface area contributed by atoms with Crippen molar-refractivity contribution in [1.29, 1.82) is 0 Å². The molecule has 2 amide bonds. The lowest BCUT2D eigenvalue weighted by Crippen LogP contribution is -2.41. The highest BCUT2D eigenvalue weighted by atomic mass is 16.5. The van der Waals surface area contributed by atoms with E-state index in [-0.39, 0.29) is 23.6 Å². The van der Waals surface area contributed by atoms with E-state index in [9.17, 15) is 14.4 Å². The summed E-state index contributed by atoms with van der Waals surface area (Å²) in [6.45, 7) is 6.66. The van der Waals surface area contributed by atoms with E-state index in [1.54, 1.807) is 0 Å². The summed E-state index contributed by atoms with van der Waals surface area (Å²) in [5.74, 6) is 1.94. The standard InChI is InChI=1S/C36H37N3O5/c1-22-33(23(2)38-34(22)24(3)40)36(42)39-18-16-26-20-30-13-14-31(26)35(39)27-6-4-7-29(21-27)43-19-5-17-37-32(41)15-10-25-8-11-28(44-30)12-9-25/h4,6-9,11-14,20-21,35,38H,5,10,15-19H2,1-3H3,(H,37,41). The molecule has 1 aromatic heterocycles. The zero-order chi connectivity index (χ0) is 30.8. The molecule has 3 aromatic carbocycles. The number of Topliss-reactive ketones (excluding diaryl/α,β-unsaturated/α-hetero) is 1. The number of carbonyl (C=O) groups is 3. The number of hydrogen-bond donors (Lipinski definition) is 2. The molecule has 8 heteroatoms. The minimum atomic E-state index is -0.369. The quantitative estimate of drug-likeness (QED) is 0.269. The average Bonchev–Trinajstić information content (AvgIpc) is 3.32. The van der Waals surface area contributed by atoms with Crippen molar-refractivity contribution in [3.63, 3.8) is 0 Å². The second-order valence-corrected chi connectivity index (χ2v) is 11.6. The van der Waals surface area contributed by atoms with Crippen molar-refractivity contribution in [3.05, 3.63) is 111 Å². The molecule has 2 N–H and O–H groups in total. The van der Waals surface area contributed by atoms with Gasteiger partial charge in [-0.3, -0.25) is 14.4 Å². The fourth-order valence-electron chi connectivity index (χ4n) is 6.28. The number of nitrogens with zero attached hydrogens (tertiary/aromatic N) is 1. The van der Waals surface area contributed by atoms with Crippen LogP contribution in [0.25, 0.3) is 0 Å². The smallest absolute Gasteiger partial charge is 0.256 e.